The minimum absolute atomic E-state index is 0.0467. The Bertz CT molecular complexity index is 1110. The minimum atomic E-state index is -0.730. The van der Waals surface area contributed by atoms with E-state index in [9.17, 15) is 19.7 Å². The summed E-state index contributed by atoms with van der Waals surface area (Å²) in [5, 5.41) is 13.6. The number of amides is 1. The number of nitrogens with one attached hydrogen (secondary N) is 1. The molecule has 8 heteroatoms. The number of hydrogen-bond donors (Lipinski definition) is 1. The van der Waals surface area contributed by atoms with E-state index in [1.54, 1.807) is 7.05 Å². The number of carbonyl (C=O) groups excluding carboxylic acids is 2. The van der Waals surface area contributed by atoms with Crippen molar-refractivity contribution in [3.63, 3.8) is 0 Å². The smallest absolute Gasteiger partial charge is 0.431 e. The van der Waals surface area contributed by atoms with Gasteiger partial charge in [-0.3, -0.25) is 14.9 Å². The molecule has 4 aliphatic rings. The normalized spacial score (nSPS) is 37.3. The molecule has 1 aromatic rings. The number of non-ortho nitro benzene ring substituents is 1. The molecule has 1 unspecified atom stereocenters. The van der Waals surface area contributed by atoms with Gasteiger partial charge in [-0.1, -0.05) is 20.8 Å². The van der Waals surface area contributed by atoms with Gasteiger partial charge in [0, 0.05) is 25.6 Å². The van der Waals surface area contributed by atoms with E-state index in [-0.39, 0.29) is 28.9 Å². The highest BCUT2D eigenvalue weighted by Crippen LogP contribution is 2.68. The molecule has 4 aliphatic carbocycles. The average Bonchev–Trinajstić information content (AvgIpc) is 3.29. The lowest BCUT2D eigenvalue weighted by atomic mass is 9.44. The average molecular weight is 555 g/mol. The first-order valence-electron chi connectivity index (χ1n) is 15.4. The van der Waals surface area contributed by atoms with Crippen molar-refractivity contribution in [2.24, 2.45) is 46.3 Å². The van der Waals surface area contributed by atoms with Crippen molar-refractivity contribution in [3.8, 4) is 5.75 Å². The summed E-state index contributed by atoms with van der Waals surface area (Å²) >= 11 is 0. The van der Waals surface area contributed by atoms with E-state index in [0.29, 0.717) is 29.6 Å². The van der Waals surface area contributed by atoms with E-state index in [2.05, 4.69) is 26.1 Å². The van der Waals surface area contributed by atoms with Crippen LogP contribution in [0.2, 0.25) is 0 Å². The molecule has 0 radical (unpaired) electrons. The van der Waals surface area contributed by atoms with Crippen LogP contribution in [0.25, 0.3) is 0 Å². The van der Waals surface area contributed by atoms with Crippen LogP contribution in [0.1, 0.15) is 91.4 Å². The maximum Gasteiger partial charge on any atom is 0.514 e. The van der Waals surface area contributed by atoms with E-state index in [1.807, 2.05) is 0 Å². The van der Waals surface area contributed by atoms with Gasteiger partial charge < -0.3 is 14.8 Å². The van der Waals surface area contributed by atoms with Crippen LogP contribution < -0.4 is 10.1 Å². The summed E-state index contributed by atoms with van der Waals surface area (Å²) < 4.78 is 11.1. The van der Waals surface area contributed by atoms with Crippen LogP contribution in [0.4, 0.5) is 10.5 Å². The SMILES string of the molecule is CNC(=O)CC[C@@H](C)[C@H]1CC[C@H]2[C@@H]3CCC4C[C@H](OC(=O)Oc5ccc([N+](=O)[O-])cc5)CC[C@]4(C)[C@H]3CC[C@]12C. The van der Waals surface area contributed by atoms with Gasteiger partial charge in [0.2, 0.25) is 5.91 Å². The van der Waals surface area contributed by atoms with Crippen molar-refractivity contribution >= 4 is 17.7 Å². The number of benzene rings is 1. The van der Waals surface area contributed by atoms with E-state index < -0.39 is 11.1 Å². The molecule has 0 aromatic heterocycles. The number of carbonyl (C=O) groups is 2. The van der Waals surface area contributed by atoms with Crippen molar-refractivity contribution < 1.29 is 24.0 Å². The summed E-state index contributed by atoms with van der Waals surface area (Å²) in [4.78, 5) is 34.8. The van der Waals surface area contributed by atoms with Crippen LogP contribution >= 0.6 is 0 Å². The molecule has 0 heterocycles. The summed E-state index contributed by atoms with van der Waals surface area (Å²) in [5.41, 5.74) is 0.624. The Morgan fingerprint density at radius 1 is 1.02 bits per heavy atom. The first-order chi connectivity index (χ1) is 19.0. The summed E-state index contributed by atoms with van der Waals surface area (Å²) in [5.74, 6) is 4.53. The van der Waals surface area contributed by atoms with Gasteiger partial charge in [0.05, 0.1) is 4.92 Å². The summed E-state index contributed by atoms with van der Waals surface area (Å²) in [7, 11) is 1.73. The Morgan fingerprint density at radius 3 is 2.42 bits per heavy atom. The number of nitro groups is 1. The molecule has 0 aliphatic heterocycles. The Morgan fingerprint density at radius 2 is 1.73 bits per heavy atom. The molecule has 4 saturated carbocycles. The van der Waals surface area contributed by atoms with Gasteiger partial charge in [0.15, 0.2) is 0 Å². The van der Waals surface area contributed by atoms with Gasteiger partial charge in [-0.2, -0.15) is 0 Å². The Hall–Kier alpha value is -2.64. The Labute approximate surface area is 238 Å². The summed E-state index contributed by atoms with van der Waals surface area (Å²) in [6.07, 6.45) is 11.2. The van der Waals surface area contributed by atoms with Gasteiger partial charge in [0.1, 0.15) is 11.9 Å². The number of hydrogen-bond acceptors (Lipinski definition) is 6. The lowest BCUT2D eigenvalue weighted by molar-refractivity contribution is -0.384. The van der Waals surface area contributed by atoms with Crippen molar-refractivity contribution in [3.05, 3.63) is 34.4 Å². The highest BCUT2D eigenvalue weighted by molar-refractivity contribution is 5.75. The quantitative estimate of drug-likeness (QED) is 0.164. The van der Waals surface area contributed by atoms with Crippen LogP contribution in [0.3, 0.4) is 0 Å². The molecule has 1 N–H and O–H groups in total. The molecule has 8 nitrogen and oxygen atoms in total. The molecule has 40 heavy (non-hydrogen) atoms. The standard InChI is InChI=1S/C32H46N2O6/c1-20(5-14-29(35)33-4)26-12-13-27-25-11-6-21-19-24(15-17-31(21,2)28(25)16-18-32(26,27)3)40-30(36)39-23-9-7-22(8-10-23)34(37)38/h7-10,20-21,24-28H,5-6,11-19H2,1-4H3,(H,33,35)/t20-,21?,24-,25+,26-,27+,28+,31+,32-/m1/s1. The summed E-state index contributed by atoms with van der Waals surface area (Å²) in [6.45, 7) is 7.46. The molecular weight excluding hydrogens is 508 g/mol. The molecule has 1 aromatic carbocycles. The van der Waals surface area contributed by atoms with Crippen molar-refractivity contribution in [2.45, 2.75) is 97.5 Å². The van der Waals surface area contributed by atoms with Crippen LogP contribution in [0.15, 0.2) is 24.3 Å². The minimum Gasteiger partial charge on any atom is -0.431 e. The van der Waals surface area contributed by atoms with Gasteiger partial charge in [0.25, 0.3) is 5.69 Å². The fourth-order valence-corrected chi connectivity index (χ4v) is 9.88. The number of nitro benzene ring substituents is 1. The zero-order chi connectivity index (χ0) is 28.7. The lowest BCUT2D eigenvalue weighted by Gasteiger charge is -2.61. The molecule has 5 rings (SSSR count). The second-order valence-corrected chi connectivity index (χ2v) is 13.7. The molecule has 9 atom stereocenters. The van der Waals surface area contributed by atoms with Crippen molar-refractivity contribution in [1.29, 1.82) is 0 Å². The van der Waals surface area contributed by atoms with Crippen LogP contribution in [0, 0.1) is 56.5 Å². The number of ether oxygens (including phenoxy) is 2. The lowest BCUT2D eigenvalue weighted by Crippen LogP contribution is -2.54. The van der Waals surface area contributed by atoms with E-state index in [0.717, 1.165) is 43.4 Å². The predicted molar refractivity (Wildman–Crippen MR) is 152 cm³/mol. The molecule has 1 amide bonds. The van der Waals surface area contributed by atoms with E-state index in [4.69, 9.17) is 9.47 Å². The molecule has 0 spiro atoms. The number of fused-ring (bicyclic) bond motifs is 5. The third-order valence-electron chi connectivity index (χ3n) is 12.0. The molecule has 0 saturated heterocycles. The Kier molecular flexibility index (Phi) is 8.17. The van der Waals surface area contributed by atoms with Gasteiger partial charge in [-0.05, 0) is 123 Å². The largest absolute Gasteiger partial charge is 0.514 e. The third-order valence-corrected chi connectivity index (χ3v) is 12.0. The van der Waals surface area contributed by atoms with Crippen molar-refractivity contribution in [1.82, 2.24) is 5.32 Å². The zero-order valence-corrected chi connectivity index (χ0v) is 24.5. The van der Waals surface area contributed by atoms with Crippen LogP contribution in [0.5, 0.6) is 5.75 Å². The van der Waals surface area contributed by atoms with Gasteiger partial charge in [-0.15, -0.1) is 0 Å². The highest BCUT2D eigenvalue weighted by atomic mass is 16.7. The van der Waals surface area contributed by atoms with Gasteiger partial charge >= 0.3 is 6.16 Å². The van der Waals surface area contributed by atoms with E-state index in [1.165, 1.54) is 62.8 Å². The number of rotatable bonds is 7. The number of nitrogens with zero attached hydrogens (tertiary/aromatic N) is 1. The van der Waals surface area contributed by atoms with Crippen LogP contribution in [-0.2, 0) is 9.53 Å². The fraction of sp³-hybridized carbons (Fsp3) is 0.750. The second kappa shape index (κ2) is 11.3. The first kappa shape index (κ1) is 28.9. The first-order valence-corrected chi connectivity index (χ1v) is 15.4. The molecule has 220 valence electrons. The zero-order valence-electron chi connectivity index (χ0n) is 24.5. The second-order valence-electron chi connectivity index (χ2n) is 13.7. The predicted octanol–water partition coefficient (Wildman–Crippen LogP) is 7.30. The highest BCUT2D eigenvalue weighted by Gasteiger charge is 2.60. The molecule has 0 bridgehead atoms. The topological polar surface area (TPSA) is 108 Å². The Balaban J connectivity index is 1.18. The molecular formula is C32H46N2O6. The maximum absolute atomic E-state index is 12.5. The third kappa shape index (κ3) is 5.35. The van der Waals surface area contributed by atoms with E-state index >= 15 is 0 Å². The fourth-order valence-electron chi connectivity index (χ4n) is 9.88. The maximum atomic E-state index is 12.5. The van der Waals surface area contributed by atoms with Crippen molar-refractivity contribution in [2.75, 3.05) is 7.05 Å². The van der Waals surface area contributed by atoms with Crippen LogP contribution in [-0.4, -0.2) is 30.1 Å². The molecule has 4 fully saturated rings. The van der Waals surface area contributed by atoms with Gasteiger partial charge in [-0.25, -0.2) is 4.79 Å². The summed E-state index contributed by atoms with van der Waals surface area (Å²) in [6, 6.07) is 5.48. The monoisotopic (exact) mass is 554 g/mol.